The van der Waals surface area contributed by atoms with Crippen LogP contribution in [0.1, 0.15) is 0 Å². The second-order valence-electron chi connectivity index (χ2n) is 1.37. The molecule has 0 bridgehead atoms. The van der Waals surface area contributed by atoms with Gasteiger partial charge in [-0.15, -0.1) is 11.3 Å². The Morgan fingerprint density at radius 2 is 2.56 bits per heavy atom. The number of carbonyl (C=O) groups is 1. The molecule has 1 aromatic rings. The van der Waals surface area contributed by atoms with E-state index < -0.39 is 0 Å². The molecule has 0 aliphatic heterocycles. The number of nitrogens with one attached hydrogen (secondary N) is 1. The summed E-state index contributed by atoms with van der Waals surface area (Å²) in [4.78, 5) is 9.91. The molecule has 0 aliphatic rings. The monoisotopic (exact) mass is 253 g/mol. The van der Waals surface area contributed by atoms with Crippen LogP contribution in [0, 0.1) is 2.88 Å². The lowest BCUT2D eigenvalue weighted by Crippen LogP contribution is -1.91. The average Bonchev–Trinajstić information content (AvgIpc) is 2.18. The van der Waals surface area contributed by atoms with Crippen LogP contribution in [-0.4, -0.2) is 6.41 Å². The van der Waals surface area contributed by atoms with Gasteiger partial charge >= 0.3 is 0 Å². The van der Waals surface area contributed by atoms with Crippen LogP contribution in [0.5, 0.6) is 0 Å². The first-order valence-corrected chi connectivity index (χ1v) is 4.23. The van der Waals surface area contributed by atoms with Crippen LogP contribution in [0.15, 0.2) is 11.4 Å². The van der Waals surface area contributed by atoms with Crippen molar-refractivity contribution >= 4 is 46.0 Å². The van der Waals surface area contributed by atoms with Crippen LogP contribution >= 0.6 is 33.9 Å². The molecule has 9 heavy (non-hydrogen) atoms. The third kappa shape index (κ3) is 1.65. The summed E-state index contributed by atoms with van der Waals surface area (Å²) in [6.07, 6.45) is 0.685. The Kier molecular flexibility index (Phi) is 2.47. The van der Waals surface area contributed by atoms with Crippen LogP contribution < -0.4 is 5.32 Å². The van der Waals surface area contributed by atoms with E-state index in [9.17, 15) is 4.79 Å². The molecule has 0 spiro atoms. The molecule has 48 valence electrons. The number of hydrogen-bond acceptors (Lipinski definition) is 2. The second kappa shape index (κ2) is 3.17. The number of carbonyl (C=O) groups excluding carboxylic acids is 1. The van der Waals surface area contributed by atoms with Gasteiger partial charge in [-0.05, 0) is 34.0 Å². The first-order valence-electron chi connectivity index (χ1n) is 2.28. The Labute approximate surface area is 70.4 Å². The summed E-state index contributed by atoms with van der Waals surface area (Å²) in [5.74, 6) is 0. The maximum Gasteiger partial charge on any atom is 0.211 e. The molecule has 1 N–H and O–H groups in total. The van der Waals surface area contributed by atoms with Gasteiger partial charge in [-0.1, -0.05) is 0 Å². The Balaban J connectivity index is 2.80. The first-order chi connectivity index (χ1) is 4.34. The lowest BCUT2D eigenvalue weighted by molar-refractivity contribution is -0.105. The molecule has 2 nitrogen and oxygen atoms in total. The minimum Gasteiger partial charge on any atom is -0.327 e. The molecule has 1 aromatic heterocycles. The average molecular weight is 253 g/mol. The molecule has 0 aromatic carbocycles. The zero-order valence-electron chi connectivity index (χ0n) is 4.43. The number of halogens is 1. The van der Waals surface area contributed by atoms with Crippen LogP contribution in [0.25, 0.3) is 0 Å². The van der Waals surface area contributed by atoms with Crippen molar-refractivity contribution in [2.24, 2.45) is 0 Å². The van der Waals surface area contributed by atoms with Gasteiger partial charge < -0.3 is 5.32 Å². The number of hydrogen-bond donors (Lipinski definition) is 1. The van der Waals surface area contributed by atoms with Gasteiger partial charge in [0.15, 0.2) is 0 Å². The zero-order chi connectivity index (χ0) is 6.69. The van der Waals surface area contributed by atoms with Gasteiger partial charge in [0.1, 0.15) is 0 Å². The van der Waals surface area contributed by atoms with Crippen molar-refractivity contribution < 1.29 is 4.79 Å². The van der Waals surface area contributed by atoms with Crippen molar-refractivity contribution in [3.05, 3.63) is 14.3 Å². The van der Waals surface area contributed by atoms with Crippen molar-refractivity contribution in [1.29, 1.82) is 0 Å². The molecule has 1 amide bonds. The summed E-state index contributed by atoms with van der Waals surface area (Å²) >= 11 is 3.79. The van der Waals surface area contributed by atoms with E-state index in [0.717, 1.165) is 8.57 Å². The minimum absolute atomic E-state index is 0.685. The summed E-state index contributed by atoms with van der Waals surface area (Å²) in [5, 5.41) is 4.52. The quantitative estimate of drug-likeness (QED) is 0.633. The van der Waals surface area contributed by atoms with Crippen molar-refractivity contribution in [3.63, 3.8) is 0 Å². The zero-order valence-corrected chi connectivity index (χ0v) is 7.40. The van der Waals surface area contributed by atoms with E-state index in [1.165, 1.54) is 0 Å². The summed E-state index contributed by atoms with van der Waals surface area (Å²) in [6, 6.07) is 1.88. The van der Waals surface area contributed by atoms with Crippen molar-refractivity contribution in [2.45, 2.75) is 0 Å². The molecular weight excluding hydrogens is 249 g/mol. The Bertz CT molecular complexity index is 210. The Hall–Kier alpha value is -0.100. The summed E-state index contributed by atoms with van der Waals surface area (Å²) in [7, 11) is 0. The van der Waals surface area contributed by atoms with Crippen LogP contribution in [0.3, 0.4) is 0 Å². The highest BCUT2D eigenvalue weighted by molar-refractivity contribution is 14.1. The van der Waals surface area contributed by atoms with Crippen LogP contribution in [0.4, 0.5) is 5.69 Å². The molecule has 0 unspecified atom stereocenters. The fourth-order valence-corrected chi connectivity index (χ4v) is 1.81. The molecule has 0 fully saturated rings. The number of anilines is 1. The van der Waals surface area contributed by atoms with E-state index in [1.54, 1.807) is 11.3 Å². The second-order valence-corrected chi connectivity index (χ2v) is 4.10. The molecule has 0 saturated carbocycles. The molecule has 1 heterocycles. The topological polar surface area (TPSA) is 29.1 Å². The smallest absolute Gasteiger partial charge is 0.211 e. The van der Waals surface area contributed by atoms with Crippen molar-refractivity contribution in [3.8, 4) is 0 Å². The van der Waals surface area contributed by atoms with E-state index in [2.05, 4.69) is 27.9 Å². The highest BCUT2D eigenvalue weighted by Crippen LogP contribution is 2.22. The highest BCUT2D eigenvalue weighted by atomic mass is 127. The molecule has 0 saturated heterocycles. The van der Waals surface area contributed by atoms with Gasteiger partial charge in [-0.3, -0.25) is 4.79 Å². The highest BCUT2D eigenvalue weighted by Gasteiger charge is 1.96. The lowest BCUT2D eigenvalue weighted by atomic mass is 10.5. The SMILES string of the molecule is O=CNc1ccsc1I. The van der Waals surface area contributed by atoms with Gasteiger partial charge in [-0.25, -0.2) is 0 Å². The Morgan fingerprint density at radius 1 is 1.78 bits per heavy atom. The number of thiophene rings is 1. The molecule has 0 aliphatic carbocycles. The molecule has 4 heteroatoms. The molecular formula is C5H4INOS. The fraction of sp³-hybridized carbons (Fsp3) is 0. The third-order valence-corrected chi connectivity index (χ3v) is 2.88. The predicted octanol–water partition coefficient (Wildman–Crippen LogP) is 1.92. The summed E-state index contributed by atoms with van der Waals surface area (Å²) in [6.45, 7) is 0. The van der Waals surface area contributed by atoms with Gasteiger partial charge in [0.05, 0.1) is 8.57 Å². The van der Waals surface area contributed by atoms with Gasteiger partial charge in [0.25, 0.3) is 0 Å². The Morgan fingerprint density at radius 3 is 3.00 bits per heavy atom. The maximum absolute atomic E-state index is 9.91. The van der Waals surface area contributed by atoms with E-state index in [4.69, 9.17) is 0 Å². The van der Waals surface area contributed by atoms with Crippen molar-refractivity contribution in [1.82, 2.24) is 0 Å². The third-order valence-electron chi connectivity index (χ3n) is 0.832. The van der Waals surface area contributed by atoms with E-state index in [1.807, 2.05) is 11.4 Å². The molecule has 1 rings (SSSR count). The van der Waals surface area contributed by atoms with E-state index in [-0.39, 0.29) is 0 Å². The van der Waals surface area contributed by atoms with Crippen LogP contribution in [-0.2, 0) is 4.79 Å². The molecule has 0 radical (unpaired) electrons. The maximum atomic E-state index is 9.91. The van der Waals surface area contributed by atoms with Gasteiger partial charge in [0, 0.05) is 0 Å². The van der Waals surface area contributed by atoms with Gasteiger partial charge in [0.2, 0.25) is 6.41 Å². The number of amides is 1. The van der Waals surface area contributed by atoms with Gasteiger partial charge in [-0.2, -0.15) is 0 Å². The van der Waals surface area contributed by atoms with Crippen LogP contribution in [0.2, 0.25) is 0 Å². The number of rotatable bonds is 2. The fourth-order valence-electron chi connectivity index (χ4n) is 0.459. The van der Waals surface area contributed by atoms with Crippen molar-refractivity contribution in [2.75, 3.05) is 5.32 Å². The first kappa shape index (κ1) is 7.01. The largest absolute Gasteiger partial charge is 0.327 e. The molecule has 0 atom stereocenters. The standard InChI is InChI=1S/C5H4INOS/c6-5-4(7-3-8)1-2-9-5/h1-3H,(H,7,8). The summed E-state index contributed by atoms with van der Waals surface area (Å²) in [5.41, 5.74) is 0.899. The lowest BCUT2D eigenvalue weighted by Gasteiger charge is -1.90. The minimum atomic E-state index is 0.685. The summed E-state index contributed by atoms with van der Waals surface area (Å²) < 4.78 is 1.11. The predicted molar refractivity (Wildman–Crippen MR) is 46.7 cm³/mol. The van der Waals surface area contributed by atoms with E-state index >= 15 is 0 Å². The van der Waals surface area contributed by atoms with E-state index in [0.29, 0.717) is 6.41 Å². The normalized spacial score (nSPS) is 9.00.